The summed E-state index contributed by atoms with van der Waals surface area (Å²) in [5.74, 6) is -0.901. The Morgan fingerprint density at radius 3 is 2.52 bits per heavy atom. The molecule has 0 aliphatic carbocycles. The van der Waals surface area contributed by atoms with Gasteiger partial charge in [0.25, 0.3) is 0 Å². The summed E-state index contributed by atoms with van der Waals surface area (Å²) in [6.45, 7) is 4.78. The summed E-state index contributed by atoms with van der Waals surface area (Å²) in [5, 5.41) is 3.09. The van der Waals surface area contributed by atoms with Crippen LogP contribution in [0, 0.1) is 11.6 Å². The second kappa shape index (κ2) is 7.18. The van der Waals surface area contributed by atoms with Crippen molar-refractivity contribution in [2.75, 3.05) is 38.6 Å². The van der Waals surface area contributed by atoms with Crippen molar-refractivity contribution in [3.05, 3.63) is 29.3 Å². The maximum atomic E-state index is 14.4. The molecule has 118 valence electrons. The lowest BCUT2D eigenvalue weighted by Gasteiger charge is -2.29. The Labute approximate surface area is 125 Å². The SMILES string of the molecule is CCNCc1cc(F)c(N2CCCC2CN(C)C)c(F)c1. The van der Waals surface area contributed by atoms with Gasteiger partial charge in [-0.1, -0.05) is 6.92 Å². The molecule has 0 bridgehead atoms. The van der Waals surface area contributed by atoms with Crippen LogP contribution in [0.5, 0.6) is 0 Å². The highest BCUT2D eigenvalue weighted by molar-refractivity contribution is 5.52. The smallest absolute Gasteiger partial charge is 0.149 e. The quantitative estimate of drug-likeness (QED) is 0.871. The van der Waals surface area contributed by atoms with E-state index in [1.165, 1.54) is 12.1 Å². The summed E-state index contributed by atoms with van der Waals surface area (Å²) < 4.78 is 28.8. The molecule has 0 spiro atoms. The molecule has 1 fully saturated rings. The third-order valence-electron chi connectivity index (χ3n) is 3.90. The standard InChI is InChI=1S/C16H25F2N3/c1-4-19-10-12-8-14(17)16(15(18)9-12)21-7-5-6-13(21)11-20(2)3/h8-9,13,19H,4-7,10-11H2,1-3H3. The minimum absolute atomic E-state index is 0.139. The molecule has 21 heavy (non-hydrogen) atoms. The van der Waals surface area contributed by atoms with Crippen LogP contribution >= 0.6 is 0 Å². The maximum absolute atomic E-state index is 14.4. The number of hydrogen-bond donors (Lipinski definition) is 1. The Kier molecular flexibility index (Phi) is 5.53. The molecule has 1 aliphatic heterocycles. The van der Waals surface area contributed by atoms with E-state index in [0.29, 0.717) is 12.1 Å². The van der Waals surface area contributed by atoms with Crippen LogP contribution in [0.3, 0.4) is 0 Å². The predicted octanol–water partition coefficient (Wildman–Crippen LogP) is 2.60. The van der Waals surface area contributed by atoms with E-state index in [4.69, 9.17) is 0 Å². The summed E-state index contributed by atoms with van der Waals surface area (Å²) in [5.41, 5.74) is 0.790. The average molecular weight is 297 g/mol. The Hall–Kier alpha value is -1.20. The molecular weight excluding hydrogens is 272 g/mol. The molecule has 3 nitrogen and oxygen atoms in total. The summed E-state index contributed by atoms with van der Waals surface area (Å²) in [6.07, 6.45) is 1.97. The molecule has 1 N–H and O–H groups in total. The fraction of sp³-hybridized carbons (Fsp3) is 0.625. The van der Waals surface area contributed by atoms with Crippen molar-refractivity contribution < 1.29 is 8.78 Å². The molecule has 1 aliphatic rings. The lowest BCUT2D eigenvalue weighted by atomic mass is 10.1. The van der Waals surface area contributed by atoms with Gasteiger partial charge in [0, 0.05) is 25.7 Å². The van der Waals surface area contributed by atoms with Crippen LogP contribution in [0.25, 0.3) is 0 Å². The monoisotopic (exact) mass is 297 g/mol. The first kappa shape index (κ1) is 16.2. The molecule has 1 aromatic rings. The van der Waals surface area contributed by atoms with Crippen LogP contribution < -0.4 is 10.2 Å². The van der Waals surface area contributed by atoms with Gasteiger partial charge in [-0.25, -0.2) is 8.78 Å². The van der Waals surface area contributed by atoms with Crippen molar-refractivity contribution in [1.82, 2.24) is 10.2 Å². The number of nitrogens with one attached hydrogen (secondary N) is 1. The lowest BCUT2D eigenvalue weighted by molar-refractivity contribution is 0.370. The van der Waals surface area contributed by atoms with Gasteiger partial charge in [-0.2, -0.15) is 0 Å². The van der Waals surface area contributed by atoms with E-state index in [0.717, 1.165) is 32.5 Å². The van der Waals surface area contributed by atoms with Gasteiger partial charge < -0.3 is 15.1 Å². The van der Waals surface area contributed by atoms with E-state index in [9.17, 15) is 8.78 Å². The number of likely N-dealkylation sites (N-methyl/N-ethyl adjacent to an activating group) is 1. The van der Waals surface area contributed by atoms with Gasteiger partial charge in [-0.05, 0) is 51.2 Å². The second-order valence-corrected chi connectivity index (χ2v) is 5.94. The van der Waals surface area contributed by atoms with Crippen molar-refractivity contribution in [2.24, 2.45) is 0 Å². The zero-order chi connectivity index (χ0) is 15.4. The van der Waals surface area contributed by atoms with Crippen molar-refractivity contribution in [3.63, 3.8) is 0 Å². The molecule has 0 radical (unpaired) electrons. The van der Waals surface area contributed by atoms with Gasteiger partial charge in [0.05, 0.1) is 0 Å². The summed E-state index contributed by atoms with van der Waals surface area (Å²) in [4.78, 5) is 3.96. The maximum Gasteiger partial charge on any atom is 0.149 e. The minimum atomic E-state index is -0.450. The molecule has 1 saturated heterocycles. The highest BCUT2D eigenvalue weighted by atomic mass is 19.1. The number of benzene rings is 1. The van der Waals surface area contributed by atoms with Crippen molar-refractivity contribution in [3.8, 4) is 0 Å². The number of halogens is 2. The third kappa shape index (κ3) is 3.92. The minimum Gasteiger partial charge on any atom is -0.363 e. The van der Waals surface area contributed by atoms with Gasteiger partial charge in [0.1, 0.15) is 17.3 Å². The van der Waals surface area contributed by atoms with Crippen LogP contribution in [0.2, 0.25) is 0 Å². The largest absolute Gasteiger partial charge is 0.363 e. The molecular formula is C16H25F2N3. The Morgan fingerprint density at radius 1 is 1.29 bits per heavy atom. The van der Waals surface area contributed by atoms with E-state index < -0.39 is 11.6 Å². The zero-order valence-electron chi connectivity index (χ0n) is 13.1. The van der Waals surface area contributed by atoms with Crippen LogP contribution in [0.15, 0.2) is 12.1 Å². The average Bonchev–Trinajstić information content (AvgIpc) is 2.83. The number of nitrogens with zero attached hydrogens (tertiary/aromatic N) is 2. The van der Waals surface area contributed by atoms with Gasteiger partial charge >= 0.3 is 0 Å². The van der Waals surface area contributed by atoms with Crippen LogP contribution in [-0.2, 0) is 6.54 Å². The highest BCUT2D eigenvalue weighted by Gasteiger charge is 2.29. The molecule has 0 amide bonds. The molecule has 1 aromatic carbocycles. The third-order valence-corrected chi connectivity index (χ3v) is 3.90. The highest BCUT2D eigenvalue weighted by Crippen LogP contribution is 2.31. The molecule has 1 heterocycles. The first-order chi connectivity index (χ1) is 10.0. The normalized spacial score (nSPS) is 18.8. The molecule has 5 heteroatoms. The second-order valence-electron chi connectivity index (χ2n) is 5.94. The van der Waals surface area contributed by atoms with Crippen LogP contribution in [0.4, 0.5) is 14.5 Å². The summed E-state index contributed by atoms with van der Waals surface area (Å²) in [6, 6.07) is 3.08. The molecule has 0 saturated carbocycles. The molecule has 2 rings (SSSR count). The number of rotatable bonds is 6. The summed E-state index contributed by atoms with van der Waals surface area (Å²) in [7, 11) is 3.98. The van der Waals surface area contributed by atoms with E-state index >= 15 is 0 Å². The first-order valence-electron chi connectivity index (χ1n) is 7.63. The van der Waals surface area contributed by atoms with Crippen molar-refractivity contribution >= 4 is 5.69 Å². The number of hydrogen-bond acceptors (Lipinski definition) is 3. The molecule has 1 atom stereocenters. The van der Waals surface area contributed by atoms with Crippen LogP contribution in [0.1, 0.15) is 25.3 Å². The predicted molar refractivity (Wildman–Crippen MR) is 82.7 cm³/mol. The Morgan fingerprint density at radius 2 is 1.95 bits per heavy atom. The molecule has 0 aromatic heterocycles. The lowest BCUT2D eigenvalue weighted by Crippen LogP contribution is -2.38. The zero-order valence-corrected chi connectivity index (χ0v) is 13.1. The first-order valence-corrected chi connectivity index (χ1v) is 7.63. The van der Waals surface area contributed by atoms with Gasteiger partial charge in [-0.15, -0.1) is 0 Å². The van der Waals surface area contributed by atoms with Crippen molar-refractivity contribution in [1.29, 1.82) is 0 Å². The fourth-order valence-electron chi connectivity index (χ4n) is 3.01. The van der Waals surface area contributed by atoms with Gasteiger partial charge in [0.15, 0.2) is 0 Å². The van der Waals surface area contributed by atoms with E-state index in [2.05, 4.69) is 10.2 Å². The fourth-order valence-corrected chi connectivity index (χ4v) is 3.01. The topological polar surface area (TPSA) is 18.5 Å². The van der Waals surface area contributed by atoms with E-state index in [1.54, 1.807) is 0 Å². The number of anilines is 1. The van der Waals surface area contributed by atoms with Gasteiger partial charge in [-0.3, -0.25) is 0 Å². The summed E-state index contributed by atoms with van der Waals surface area (Å²) >= 11 is 0. The van der Waals surface area contributed by atoms with Crippen molar-refractivity contribution in [2.45, 2.75) is 32.4 Å². The Bertz CT molecular complexity index is 454. The van der Waals surface area contributed by atoms with E-state index in [1.807, 2.05) is 25.9 Å². The van der Waals surface area contributed by atoms with E-state index in [-0.39, 0.29) is 11.7 Å². The van der Waals surface area contributed by atoms with Crippen LogP contribution in [-0.4, -0.2) is 44.7 Å². The molecule has 1 unspecified atom stereocenters. The van der Waals surface area contributed by atoms with Gasteiger partial charge in [0.2, 0.25) is 0 Å². The Balaban J connectivity index is 2.22.